The number of carbonyl (C=O) groups excluding carboxylic acids is 1. The molecule has 2 atom stereocenters. The van der Waals surface area contributed by atoms with E-state index >= 15 is 0 Å². The quantitative estimate of drug-likeness (QED) is 0.837. The largest absolute Gasteiger partial charge is 0.493 e. The molecule has 0 aromatic heterocycles. The molecule has 1 aliphatic rings. The molecule has 2 aromatic carbocycles. The van der Waals surface area contributed by atoms with Crippen molar-refractivity contribution in [2.75, 3.05) is 6.61 Å². The number of carbonyl (C=O) groups is 2. The number of hydrogen-bond acceptors (Lipinski definition) is 3. The van der Waals surface area contributed by atoms with Crippen molar-refractivity contribution < 1.29 is 19.4 Å². The van der Waals surface area contributed by atoms with Gasteiger partial charge in [0.05, 0.1) is 6.61 Å². The fraction of sp³-hybridized carbons (Fsp3) is 0.333. The number of amides is 1. The number of hydrogen-bond donors (Lipinski definition) is 2. The molecule has 0 saturated carbocycles. The summed E-state index contributed by atoms with van der Waals surface area (Å²) in [6.45, 7) is 4.43. The van der Waals surface area contributed by atoms with Crippen LogP contribution >= 0.6 is 0 Å². The molecule has 3 rings (SSSR count). The average Bonchev–Trinajstić information content (AvgIpc) is 3.08. The molecule has 136 valence electrons. The van der Waals surface area contributed by atoms with Gasteiger partial charge in [0.1, 0.15) is 5.75 Å². The molecular formula is C21H23NO4. The van der Waals surface area contributed by atoms with Crippen LogP contribution in [0.3, 0.4) is 0 Å². The predicted octanol–water partition coefficient (Wildman–Crippen LogP) is 3.05. The molecule has 5 heteroatoms. The van der Waals surface area contributed by atoms with Gasteiger partial charge in [0.2, 0.25) is 5.91 Å². The lowest BCUT2D eigenvalue weighted by atomic mass is 9.98. The van der Waals surface area contributed by atoms with Gasteiger partial charge in [-0.15, -0.1) is 0 Å². The topological polar surface area (TPSA) is 75.6 Å². The van der Waals surface area contributed by atoms with Gasteiger partial charge < -0.3 is 15.2 Å². The lowest BCUT2D eigenvalue weighted by Crippen LogP contribution is -2.37. The molecule has 2 aromatic rings. The van der Waals surface area contributed by atoms with E-state index in [1.165, 1.54) is 0 Å². The zero-order valence-electron chi connectivity index (χ0n) is 15.0. The van der Waals surface area contributed by atoms with Gasteiger partial charge >= 0.3 is 5.97 Å². The molecule has 1 heterocycles. The van der Waals surface area contributed by atoms with Gasteiger partial charge in [0, 0.05) is 12.3 Å². The first-order valence-corrected chi connectivity index (χ1v) is 8.78. The van der Waals surface area contributed by atoms with E-state index in [-0.39, 0.29) is 11.8 Å². The van der Waals surface area contributed by atoms with E-state index in [9.17, 15) is 14.7 Å². The summed E-state index contributed by atoms with van der Waals surface area (Å²) < 4.78 is 5.45. The molecule has 2 unspecified atom stereocenters. The maximum absolute atomic E-state index is 12.5. The van der Waals surface area contributed by atoms with Crippen LogP contribution in [0.15, 0.2) is 42.5 Å². The monoisotopic (exact) mass is 353 g/mol. The second kappa shape index (κ2) is 7.60. The van der Waals surface area contributed by atoms with Crippen molar-refractivity contribution in [3.8, 4) is 5.75 Å². The number of nitrogens with one attached hydrogen (secondary N) is 1. The third kappa shape index (κ3) is 4.04. The molecule has 5 nitrogen and oxygen atoms in total. The minimum atomic E-state index is -1.07. The van der Waals surface area contributed by atoms with E-state index in [2.05, 4.69) is 5.32 Å². The van der Waals surface area contributed by atoms with Crippen LogP contribution in [-0.4, -0.2) is 23.6 Å². The Kier molecular flexibility index (Phi) is 5.26. The number of carboxylic acid groups (broad SMARTS) is 1. The molecule has 0 saturated heterocycles. The third-order valence-electron chi connectivity index (χ3n) is 4.69. The Balaban J connectivity index is 1.70. The predicted molar refractivity (Wildman–Crippen MR) is 98.2 cm³/mol. The Morgan fingerprint density at radius 2 is 1.92 bits per heavy atom. The summed E-state index contributed by atoms with van der Waals surface area (Å²) in [5.74, 6) is -0.872. The molecule has 0 spiro atoms. The van der Waals surface area contributed by atoms with E-state index < -0.39 is 12.0 Å². The Hall–Kier alpha value is -2.82. The van der Waals surface area contributed by atoms with Gasteiger partial charge in [-0.05, 0) is 42.2 Å². The number of rotatable bonds is 6. The Labute approximate surface area is 153 Å². The van der Waals surface area contributed by atoms with Crippen molar-refractivity contribution in [2.24, 2.45) is 5.92 Å². The van der Waals surface area contributed by atoms with E-state index in [0.717, 1.165) is 28.9 Å². The van der Waals surface area contributed by atoms with E-state index in [1.807, 2.05) is 44.2 Å². The lowest BCUT2D eigenvalue weighted by molar-refractivity contribution is -0.142. The molecule has 26 heavy (non-hydrogen) atoms. The molecule has 0 radical (unpaired) electrons. The third-order valence-corrected chi connectivity index (χ3v) is 4.69. The summed E-state index contributed by atoms with van der Waals surface area (Å²) in [6, 6.07) is 12.2. The normalized spacial score (nSPS) is 14.8. The minimum absolute atomic E-state index is 0.269. The van der Waals surface area contributed by atoms with Gasteiger partial charge in [-0.1, -0.05) is 42.8 Å². The van der Waals surface area contributed by atoms with Crippen molar-refractivity contribution in [3.63, 3.8) is 0 Å². The summed E-state index contributed by atoms with van der Waals surface area (Å²) in [5.41, 5.74) is 3.77. The summed E-state index contributed by atoms with van der Waals surface area (Å²) in [6.07, 6.45) is 1.32. The fourth-order valence-electron chi connectivity index (χ4n) is 3.13. The van der Waals surface area contributed by atoms with Crippen LogP contribution in [0.4, 0.5) is 0 Å². The maximum atomic E-state index is 12.5. The molecular weight excluding hydrogens is 330 g/mol. The summed E-state index contributed by atoms with van der Waals surface area (Å²) in [4.78, 5) is 24.2. The van der Waals surface area contributed by atoms with Crippen LogP contribution in [0, 0.1) is 12.8 Å². The van der Waals surface area contributed by atoms with Gasteiger partial charge in [-0.2, -0.15) is 0 Å². The highest BCUT2D eigenvalue weighted by atomic mass is 16.5. The van der Waals surface area contributed by atoms with Crippen molar-refractivity contribution in [3.05, 3.63) is 64.7 Å². The lowest BCUT2D eigenvalue weighted by Gasteiger charge is -2.19. The average molecular weight is 353 g/mol. The number of benzene rings is 2. The molecule has 0 aliphatic carbocycles. The first-order valence-electron chi connectivity index (χ1n) is 8.78. The maximum Gasteiger partial charge on any atom is 0.330 e. The molecule has 0 fully saturated rings. The van der Waals surface area contributed by atoms with E-state index in [0.29, 0.717) is 18.6 Å². The van der Waals surface area contributed by atoms with Crippen LogP contribution in [0.2, 0.25) is 0 Å². The zero-order valence-corrected chi connectivity index (χ0v) is 15.0. The number of carboxylic acids is 1. The number of aliphatic carboxylic acids is 1. The standard InChI is InChI=1S/C21H23NO4/c1-13-3-5-15(6-4-13)11-14(2)20(23)22-19(21(24)25)17-7-8-18-16(12-17)9-10-26-18/h3-8,12,14,19H,9-11H2,1-2H3,(H,22,23)(H,24,25). The first kappa shape index (κ1) is 18.0. The molecule has 0 bridgehead atoms. The Morgan fingerprint density at radius 1 is 1.19 bits per heavy atom. The first-order chi connectivity index (χ1) is 12.4. The highest BCUT2D eigenvalue weighted by molar-refractivity contribution is 5.86. The highest BCUT2D eigenvalue weighted by Crippen LogP contribution is 2.28. The number of fused-ring (bicyclic) bond motifs is 1. The summed E-state index contributed by atoms with van der Waals surface area (Å²) in [7, 11) is 0. The number of ether oxygens (including phenoxy) is 1. The number of aryl methyl sites for hydroxylation is 1. The SMILES string of the molecule is Cc1ccc(CC(C)C(=O)NC(C(=O)O)c2ccc3c(c2)CCO3)cc1. The van der Waals surface area contributed by atoms with Crippen LogP contribution in [0.1, 0.15) is 35.2 Å². The van der Waals surface area contributed by atoms with Gasteiger partial charge in [0.15, 0.2) is 6.04 Å². The van der Waals surface area contributed by atoms with Crippen LogP contribution in [-0.2, 0) is 22.4 Å². The van der Waals surface area contributed by atoms with Crippen LogP contribution in [0.25, 0.3) is 0 Å². The van der Waals surface area contributed by atoms with E-state index in [1.54, 1.807) is 12.1 Å². The second-order valence-electron chi connectivity index (χ2n) is 6.84. The fourth-order valence-corrected chi connectivity index (χ4v) is 3.13. The highest BCUT2D eigenvalue weighted by Gasteiger charge is 2.26. The second-order valence-corrected chi connectivity index (χ2v) is 6.84. The molecule has 1 aliphatic heterocycles. The van der Waals surface area contributed by atoms with Gasteiger partial charge in [-0.25, -0.2) is 4.79 Å². The van der Waals surface area contributed by atoms with Crippen LogP contribution < -0.4 is 10.1 Å². The van der Waals surface area contributed by atoms with Crippen LogP contribution in [0.5, 0.6) is 5.75 Å². The van der Waals surface area contributed by atoms with Gasteiger partial charge in [-0.3, -0.25) is 4.79 Å². The Morgan fingerprint density at radius 3 is 2.62 bits per heavy atom. The summed E-state index contributed by atoms with van der Waals surface area (Å²) >= 11 is 0. The van der Waals surface area contributed by atoms with Crippen molar-refractivity contribution in [2.45, 2.75) is 32.7 Å². The molecule has 1 amide bonds. The zero-order chi connectivity index (χ0) is 18.7. The van der Waals surface area contributed by atoms with Gasteiger partial charge in [0.25, 0.3) is 0 Å². The van der Waals surface area contributed by atoms with Crippen molar-refractivity contribution in [1.29, 1.82) is 0 Å². The minimum Gasteiger partial charge on any atom is -0.493 e. The Bertz CT molecular complexity index is 813. The van der Waals surface area contributed by atoms with Crippen molar-refractivity contribution in [1.82, 2.24) is 5.32 Å². The molecule has 2 N–H and O–H groups in total. The smallest absolute Gasteiger partial charge is 0.330 e. The van der Waals surface area contributed by atoms with Crippen molar-refractivity contribution >= 4 is 11.9 Å². The van der Waals surface area contributed by atoms with E-state index in [4.69, 9.17) is 4.74 Å². The summed E-state index contributed by atoms with van der Waals surface area (Å²) in [5, 5.41) is 12.3.